The van der Waals surface area contributed by atoms with E-state index in [9.17, 15) is 4.79 Å². The highest BCUT2D eigenvalue weighted by molar-refractivity contribution is 7.12. The third kappa shape index (κ3) is 5.44. The standard InChI is InChI=1S/C23H36N2O2S/c1-18(26)23-13-20(17-28-23)15-24(16-22-7-4-12-27-22)14-19-8-10-25(11-9-19)21-5-2-3-6-21/h13,17,19,21-22H,2-12,14-16H2,1H3. The lowest BCUT2D eigenvalue weighted by Crippen LogP contribution is -2.43. The Morgan fingerprint density at radius 2 is 1.93 bits per heavy atom. The normalized spacial score (nSPS) is 25.1. The first-order valence-corrected chi connectivity index (χ1v) is 12.2. The fourth-order valence-electron chi connectivity index (χ4n) is 5.32. The molecule has 0 radical (unpaired) electrons. The second-order valence-corrected chi connectivity index (χ2v) is 10.0. The Balaban J connectivity index is 1.32. The first-order chi connectivity index (χ1) is 13.7. The predicted molar refractivity (Wildman–Crippen MR) is 115 cm³/mol. The molecule has 2 aliphatic heterocycles. The maximum absolute atomic E-state index is 11.7. The molecule has 1 unspecified atom stereocenters. The monoisotopic (exact) mass is 404 g/mol. The average molecular weight is 405 g/mol. The van der Waals surface area contributed by atoms with Crippen molar-refractivity contribution in [3.05, 3.63) is 21.9 Å². The number of hydrogen-bond donors (Lipinski definition) is 0. The first kappa shape index (κ1) is 20.5. The van der Waals surface area contributed by atoms with Crippen molar-refractivity contribution in [3.8, 4) is 0 Å². The summed E-state index contributed by atoms with van der Waals surface area (Å²) in [4.78, 5) is 17.9. The van der Waals surface area contributed by atoms with Crippen molar-refractivity contribution in [2.75, 3.05) is 32.8 Å². The number of nitrogens with zero attached hydrogens (tertiary/aromatic N) is 2. The Morgan fingerprint density at radius 1 is 1.14 bits per heavy atom. The SMILES string of the molecule is CC(=O)c1cc(CN(CC2CCN(C3CCCC3)CC2)CC2CCCO2)cs1. The molecular weight excluding hydrogens is 368 g/mol. The van der Waals surface area contributed by atoms with Crippen molar-refractivity contribution in [2.45, 2.75) is 77.0 Å². The van der Waals surface area contributed by atoms with Gasteiger partial charge in [0, 0.05) is 32.3 Å². The molecule has 5 heteroatoms. The molecular formula is C23H36N2O2S. The first-order valence-electron chi connectivity index (χ1n) is 11.3. The van der Waals surface area contributed by atoms with Gasteiger partial charge in [-0.25, -0.2) is 0 Å². The Morgan fingerprint density at radius 3 is 2.57 bits per heavy atom. The zero-order valence-corrected chi connectivity index (χ0v) is 18.2. The molecule has 2 saturated heterocycles. The number of Topliss-reactive ketones (excluding diaryl/α,β-unsaturated/α-hetero) is 1. The number of thiophene rings is 1. The molecule has 0 aromatic carbocycles. The van der Waals surface area contributed by atoms with Gasteiger partial charge in [-0.15, -0.1) is 11.3 Å². The minimum Gasteiger partial charge on any atom is -0.377 e. The minimum atomic E-state index is 0.182. The molecule has 0 amide bonds. The summed E-state index contributed by atoms with van der Waals surface area (Å²) >= 11 is 1.59. The summed E-state index contributed by atoms with van der Waals surface area (Å²) in [7, 11) is 0. The maximum atomic E-state index is 11.7. The number of piperidine rings is 1. The molecule has 0 spiro atoms. The van der Waals surface area contributed by atoms with E-state index in [1.807, 2.05) is 0 Å². The molecule has 28 heavy (non-hydrogen) atoms. The van der Waals surface area contributed by atoms with Crippen LogP contribution in [0.25, 0.3) is 0 Å². The van der Waals surface area contributed by atoms with Crippen LogP contribution in [0.15, 0.2) is 11.4 Å². The molecule has 1 aliphatic carbocycles. The number of likely N-dealkylation sites (tertiary alicyclic amines) is 1. The number of hydrogen-bond acceptors (Lipinski definition) is 5. The van der Waals surface area contributed by atoms with E-state index in [4.69, 9.17) is 4.74 Å². The zero-order chi connectivity index (χ0) is 19.3. The van der Waals surface area contributed by atoms with Crippen LogP contribution in [-0.2, 0) is 11.3 Å². The quantitative estimate of drug-likeness (QED) is 0.594. The van der Waals surface area contributed by atoms with Crippen LogP contribution in [0, 0.1) is 5.92 Å². The molecule has 1 aromatic heterocycles. The number of carbonyl (C=O) groups is 1. The van der Waals surface area contributed by atoms with Crippen molar-refractivity contribution >= 4 is 17.1 Å². The van der Waals surface area contributed by atoms with Gasteiger partial charge in [0.25, 0.3) is 0 Å². The molecule has 156 valence electrons. The summed E-state index contributed by atoms with van der Waals surface area (Å²) in [6, 6.07) is 2.97. The summed E-state index contributed by atoms with van der Waals surface area (Å²) in [5.74, 6) is 0.978. The highest BCUT2D eigenvalue weighted by Crippen LogP contribution is 2.29. The van der Waals surface area contributed by atoms with E-state index in [0.717, 1.165) is 36.5 Å². The lowest BCUT2D eigenvalue weighted by atomic mass is 9.94. The van der Waals surface area contributed by atoms with E-state index in [1.54, 1.807) is 18.3 Å². The van der Waals surface area contributed by atoms with E-state index in [1.165, 1.54) is 76.6 Å². The predicted octanol–water partition coefficient (Wildman–Crippen LogP) is 4.59. The number of ether oxygens (including phenoxy) is 1. The lowest BCUT2D eigenvalue weighted by molar-refractivity contribution is 0.0540. The van der Waals surface area contributed by atoms with E-state index < -0.39 is 0 Å². The van der Waals surface area contributed by atoms with Crippen LogP contribution in [0.5, 0.6) is 0 Å². The summed E-state index contributed by atoms with van der Waals surface area (Å²) in [5, 5.41) is 2.17. The summed E-state index contributed by atoms with van der Waals surface area (Å²) < 4.78 is 5.94. The van der Waals surface area contributed by atoms with E-state index in [0.29, 0.717) is 6.10 Å². The average Bonchev–Trinajstić information content (AvgIpc) is 3.45. The van der Waals surface area contributed by atoms with Crippen molar-refractivity contribution in [1.29, 1.82) is 0 Å². The van der Waals surface area contributed by atoms with Crippen LogP contribution < -0.4 is 0 Å². The van der Waals surface area contributed by atoms with Gasteiger partial charge in [0.2, 0.25) is 0 Å². The molecule has 0 N–H and O–H groups in total. The van der Waals surface area contributed by atoms with E-state index in [2.05, 4.69) is 21.2 Å². The third-order valence-corrected chi connectivity index (χ3v) is 7.98. The highest BCUT2D eigenvalue weighted by Gasteiger charge is 2.29. The van der Waals surface area contributed by atoms with Crippen molar-refractivity contribution in [3.63, 3.8) is 0 Å². The van der Waals surface area contributed by atoms with Gasteiger partial charge in [0.05, 0.1) is 11.0 Å². The van der Waals surface area contributed by atoms with Crippen molar-refractivity contribution in [1.82, 2.24) is 9.80 Å². The van der Waals surface area contributed by atoms with Crippen LogP contribution >= 0.6 is 11.3 Å². The van der Waals surface area contributed by atoms with Gasteiger partial charge >= 0.3 is 0 Å². The third-order valence-electron chi connectivity index (χ3n) is 6.90. The largest absolute Gasteiger partial charge is 0.377 e. The summed E-state index contributed by atoms with van der Waals surface area (Å²) in [5.41, 5.74) is 1.29. The fourth-order valence-corrected chi connectivity index (χ4v) is 6.12. The van der Waals surface area contributed by atoms with Gasteiger partial charge < -0.3 is 9.64 Å². The van der Waals surface area contributed by atoms with Crippen LogP contribution in [-0.4, -0.2) is 60.5 Å². The van der Waals surface area contributed by atoms with Crippen molar-refractivity contribution < 1.29 is 9.53 Å². The number of rotatable bonds is 8. The minimum absolute atomic E-state index is 0.182. The van der Waals surface area contributed by atoms with Crippen LogP contribution in [0.1, 0.15) is 73.5 Å². The molecule has 4 rings (SSSR count). The fraction of sp³-hybridized carbons (Fsp3) is 0.783. The Kier molecular flexibility index (Phi) is 7.21. The van der Waals surface area contributed by atoms with Gasteiger partial charge in [0.15, 0.2) is 5.78 Å². The van der Waals surface area contributed by atoms with E-state index in [-0.39, 0.29) is 5.78 Å². The smallest absolute Gasteiger partial charge is 0.169 e. The molecule has 1 aromatic rings. The maximum Gasteiger partial charge on any atom is 0.169 e. The molecule has 3 aliphatic rings. The van der Waals surface area contributed by atoms with Crippen molar-refractivity contribution in [2.24, 2.45) is 5.92 Å². The van der Waals surface area contributed by atoms with Gasteiger partial charge in [-0.3, -0.25) is 9.69 Å². The molecule has 3 fully saturated rings. The van der Waals surface area contributed by atoms with Crippen LogP contribution in [0.2, 0.25) is 0 Å². The van der Waals surface area contributed by atoms with Gasteiger partial charge in [-0.05, 0) is 81.5 Å². The van der Waals surface area contributed by atoms with Crippen LogP contribution in [0.3, 0.4) is 0 Å². The Labute approximate surface area is 174 Å². The molecule has 3 heterocycles. The van der Waals surface area contributed by atoms with Crippen LogP contribution in [0.4, 0.5) is 0 Å². The number of carbonyl (C=O) groups excluding carboxylic acids is 1. The Bertz CT molecular complexity index is 626. The zero-order valence-electron chi connectivity index (χ0n) is 17.4. The molecule has 4 nitrogen and oxygen atoms in total. The van der Waals surface area contributed by atoms with Gasteiger partial charge in [-0.2, -0.15) is 0 Å². The second kappa shape index (κ2) is 9.84. The Hall–Kier alpha value is -0.750. The summed E-state index contributed by atoms with van der Waals surface area (Å²) in [6.45, 7) is 8.32. The number of ketones is 1. The van der Waals surface area contributed by atoms with E-state index >= 15 is 0 Å². The molecule has 1 atom stereocenters. The second-order valence-electron chi connectivity index (χ2n) is 9.12. The highest BCUT2D eigenvalue weighted by atomic mass is 32.1. The molecule has 0 bridgehead atoms. The summed E-state index contributed by atoms with van der Waals surface area (Å²) in [6.07, 6.45) is 11.2. The van der Waals surface area contributed by atoms with Gasteiger partial charge in [-0.1, -0.05) is 12.8 Å². The van der Waals surface area contributed by atoms with Gasteiger partial charge in [0.1, 0.15) is 0 Å². The molecule has 1 saturated carbocycles. The topological polar surface area (TPSA) is 32.8 Å². The lowest BCUT2D eigenvalue weighted by Gasteiger charge is -2.38.